The molecule has 0 aromatic carbocycles. The third-order valence-corrected chi connectivity index (χ3v) is 3.85. The Morgan fingerprint density at radius 2 is 2.09 bits per heavy atom. The number of aliphatic hydroxyl groups excluding tert-OH is 1. The highest BCUT2D eigenvalue weighted by Gasteiger charge is 2.26. The van der Waals surface area contributed by atoms with E-state index in [0.29, 0.717) is 5.69 Å². The zero-order valence-corrected chi connectivity index (χ0v) is 13.1. The SMILES string of the molecule is CC(C)(C)OC1=CC2=C(O)c3[nH]c(=O)ccc3CCC2C=C1. The molecule has 0 spiro atoms. The van der Waals surface area contributed by atoms with Crippen molar-refractivity contribution in [3.8, 4) is 0 Å². The second-order valence-electron chi connectivity index (χ2n) is 6.79. The molecule has 0 radical (unpaired) electrons. The Labute approximate surface area is 129 Å². The number of hydrogen-bond acceptors (Lipinski definition) is 3. The molecule has 2 aliphatic rings. The maximum atomic E-state index is 11.6. The number of aromatic amines is 1. The first-order valence-corrected chi connectivity index (χ1v) is 7.58. The van der Waals surface area contributed by atoms with Crippen LogP contribution in [-0.2, 0) is 11.2 Å². The number of fused-ring (bicyclic) bond motifs is 2. The van der Waals surface area contributed by atoms with Gasteiger partial charge in [-0.15, -0.1) is 0 Å². The zero-order chi connectivity index (χ0) is 15.9. The minimum Gasteiger partial charge on any atom is -0.505 e. The van der Waals surface area contributed by atoms with Crippen LogP contribution in [0.2, 0.25) is 0 Å². The lowest BCUT2D eigenvalue weighted by molar-refractivity contribution is 0.0593. The fraction of sp³-hybridized carbons (Fsp3) is 0.389. The first-order valence-electron chi connectivity index (χ1n) is 7.58. The van der Waals surface area contributed by atoms with Crippen molar-refractivity contribution in [1.82, 2.24) is 4.98 Å². The van der Waals surface area contributed by atoms with Crippen LogP contribution < -0.4 is 5.56 Å². The number of aromatic nitrogens is 1. The Hall–Kier alpha value is -2.23. The average Bonchev–Trinajstić information content (AvgIpc) is 2.56. The van der Waals surface area contributed by atoms with E-state index in [2.05, 4.69) is 11.1 Å². The van der Waals surface area contributed by atoms with Gasteiger partial charge in [-0.2, -0.15) is 0 Å². The van der Waals surface area contributed by atoms with Gasteiger partial charge in [0.05, 0.1) is 5.69 Å². The predicted molar refractivity (Wildman–Crippen MR) is 86.5 cm³/mol. The number of hydrogen-bond donors (Lipinski definition) is 2. The van der Waals surface area contributed by atoms with Crippen LogP contribution in [0.25, 0.3) is 5.76 Å². The maximum Gasteiger partial charge on any atom is 0.248 e. The fourth-order valence-electron chi connectivity index (χ4n) is 2.92. The number of pyridine rings is 1. The Morgan fingerprint density at radius 1 is 1.32 bits per heavy atom. The lowest BCUT2D eigenvalue weighted by atomic mass is 9.90. The van der Waals surface area contributed by atoms with E-state index >= 15 is 0 Å². The van der Waals surface area contributed by atoms with Crippen molar-refractivity contribution >= 4 is 5.76 Å². The van der Waals surface area contributed by atoms with Gasteiger partial charge in [-0.1, -0.05) is 12.1 Å². The number of ether oxygens (including phenoxy) is 1. The molecular formula is C18H21NO3. The van der Waals surface area contributed by atoms with Crippen LogP contribution >= 0.6 is 0 Å². The standard InChI is InChI=1S/C18H21NO3/c1-18(2,3)22-13-8-6-11-4-5-12-7-9-15(20)19-16(12)17(21)14(11)10-13/h6-11,21H,4-5H2,1-3H3,(H,19,20). The number of aliphatic hydroxyl groups is 1. The van der Waals surface area contributed by atoms with Crippen LogP contribution in [-0.4, -0.2) is 15.7 Å². The highest BCUT2D eigenvalue weighted by molar-refractivity contribution is 5.67. The molecule has 2 aliphatic carbocycles. The summed E-state index contributed by atoms with van der Waals surface area (Å²) >= 11 is 0. The summed E-state index contributed by atoms with van der Waals surface area (Å²) in [7, 11) is 0. The van der Waals surface area contributed by atoms with Crippen LogP contribution in [0.15, 0.2) is 46.5 Å². The summed E-state index contributed by atoms with van der Waals surface area (Å²) in [5, 5.41) is 10.7. The van der Waals surface area contributed by atoms with Crippen molar-refractivity contribution in [3.05, 3.63) is 63.3 Å². The van der Waals surface area contributed by atoms with Crippen molar-refractivity contribution in [2.24, 2.45) is 5.92 Å². The summed E-state index contributed by atoms with van der Waals surface area (Å²) in [6, 6.07) is 3.30. The topological polar surface area (TPSA) is 62.3 Å². The molecule has 0 aliphatic heterocycles. The van der Waals surface area contributed by atoms with Crippen molar-refractivity contribution in [1.29, 1.82) is 0 Å². The molecule has 1 aromatic rings. The minimum atomic E-state index is -0.295. The van der Waals surface area contributed by atoms with Crippen LogP contribution in [0.3, 0.4) is 0 Å². The molecule has 4 nitrogen and oxygen atoms in total. The number of allylic oxidation sites excluding steroid dienone is 4. The zero-order valence-electron chi connectivity index (χ0n) is 13.1. The van der Waals surface area contributed by atoms with Gasteiger partial charge >= 0.3 is 0 Å². The van der Waals surface area contributed by atoms with Gasteiger partial charge in [0.25, 0.3) is 0 Å². The number of nitrogens with one attached hydrogen (secondary N) is 1. The van der Waals surface area contributed by atoms with Crippen LogP contribution in [0, 0.1) is 5.92 Å². The highest BCUT2D eigenvalue weighted by Crippen LogP contribution is 2.36. The Balaban J connectivity index is 2.07. The average molecular weight is 299 g/mol. The summed E-state index contributed by atoms with van der Waals surface area (Å²) in [6.07, 6.45) is 7.62. The van der Waals surface area contributed by atoms with Crippen LogP contribution in [0.4, 0.5) is 0 Å². The normalized spacial score (nSPS) is 20.9. The third-order valence-electron chi connectivity index (χ3n) is 3.85. The van der Waals surface area contributed by atoms with Gasteiger partial charge in [0.2, 0.25) is 5.56 Å². The highest BCUT2D eigenvalue weighted by atomic mass is 16.5. The van der Waals surface area contributed by atoms with E-state index in [9.17, 15) is 9.90 Å². The van der Waals surface area contributed by atoms with Crippen molar-refractivity contribution in [2.75, 3.05) is 0 Å². The Morgan fingerprint density at radius 3 is 2.82 bits per heavy atom. The van der Waals surface area contributed by atoms with Crippen LogP contribution in [0.5, 0.6) is 0 Å². The lowest BCUT2D eigenvalue weighted by Crippen LogP contribution is -2.19. The molecule has 0 saturated carbocycles. The molecule has 1 heterocycles. The molecule has 1 aromatic heterocycles. The van der Waals surface area contributed by atoms with E-state index in [-0.39, 0.29) is 22.8 Å². The molecule has 0 bridgehead atoms. The summed E-state index contributed by atoms with van der Waals surface area (Å²) in [4.78, 5) is 14.3. The van der Waals surface area contributed by atoms with Gasteiger partial charge in [0.15, 0.2) is 0 Å². The molecule has 0 amide bonds. The number of rotatable bonds is 1. The van der Waals surface area contributed by atoms with E-state index < -0.39 is 0 Å². The van der Waals surface area contributed by atoms with Gasteiger partial charge in [-0.25, -0.2) is 0 Å². The van der Waals surface area contributed by atoms with E-state index in [4.69, 9.17) is 4.74 Å². The van der Waals surface area contributed by atoms with Crippen LogP contribution in [0.1, 0.15) is 38.4 Å². The Kier molecular flexibility index (Phi) is 3.47. The molecule has 1 atom stereocenters. The molecule has 0 saturated heterocycles. The second kappa shape index (κ2) is 5.20. The molecule has 116 valence electrons. The van der Waals surface area contributed by atoms with E-state index in [0.717, 1.165) is 29.7 Å². The van der Waals surface area contributed by atoms with E-state index in [1.54, 1.807) is 6.07 Å². The summed E-state index contributed by atoms with van der Waals surface area (Å²) < 4.78 is 5.89. The summed E-state index contributed by atoms with van der Waals surface area (Å²) in [5.74, 6) is 1.02. The molecule has 3 rings (SSSR count). The van der Waals surface area contributed by atoms with Gasteiger partial charge in [-0.3, -0.25) is 4.79 Å². The largest absolute Gasteiger partial charge is 0.505 e. The Bertz CT molecular complexity index is 744. The van der Waals surface area contributed by atoms with Gasteiger partial charge in [-0.05, 0) is 51.3 Å². The van der Waals surface area contributed by atoms with Gasteiger partial charge < -0.3 is 14.8 Å². The van der Waals surface area contributed by atoms with Crippen molar-refractivity contribution in [2.45, 2.75) is 39.2 Å². The van der Waals surface area contributed by atoms with Crippen molar-refractivity contribution in [3.63, 3.8) is 0 Å². The molecule has 4 heteroatoms. The number of H-pyrrole nitrogens is 1. The third kappa shape index (κ3) is 2.86. The summed E-state index contributed by atoms with van der Waals surface area (Å²) in [5.41, 5.74) is 1.81. The van der Waals surface area contributed by atoms with Gasteiger partial charge in [0, 0.05) is 17.6 Å². The van der Waals surface area contributed by atoms with Gasteiger partial charge in [0.1, 0.15) is 17.1 Å². The molecular weight excluding hydrogens is 278 g/mol. The first kappa shape index (κ1) is 14.7. The quantitative estimate of drug-likeness (QED) is 0.834. The lowest BCUT2D eigenvalue weighted by Gasteiger charge is -2.25. The number of aryl methyl sites for hydroxylation is 1. The van der Waals surface area contributed by atoms with E-state index in [1.807, 2.05) is 32.9 Å². The first-order chi connectivity index (χ1) is 10.3. The predicted octanol–water partition coefficient (Wildman–Crippen LogP) is 3.48. The molecule has 0 fully saturated rings. The maximum absolute atomic E-state index is 11.6. The minimum absolute atomic E-state index is 0.142. The molecule has 1 unspecified atom stereocenters. The summed E-state index contributed by atoms with van der Waals surface area (Å²) in [6.45, 7) is 5.96. The smallest absolute Gasteiger partial charge is 0.248 e. The molecule has 22 heavy (non-hydrogen) atoms. The monoisotopic (exact) mass is 299 g/mol. The fourth-order valence-corrected chi connectivity index (χ4v) is 2.92. The van der Waals surface area contributed by atoms with Crippen molar-refractivity contribution < 1.29 is 9.84 Å². The van der Waals surface area contributed by atoms with E-state index in [1.165, 1.54) is 6.07 Å². The second-order valence-corrected chi connectivity index (χ2v) is 6.79. The molecule has 2 N–H and O–H groups in total.